The predicted molar refractivity (Wildman–Crippen MR) is 68.3 cm³/mol. The van der Waals surface area contributed by atoms with E-state index in [1.165, 1.54) is 18.2 Å². The lowest BCUT2D eigenvalue weighted by Gasteiger charge is -2.08. The van der Waals surface area contributed by atoms with Crippen LogP contribution in [0.15, 0.2) is 23.1 Å². The van der Waals surface area contributed by atoms with Crippen LogP contribution in [0.2, 0.25) is 5.02 Å². The summed E-state index contributed by atoms with van der Waals surface area (Å²) in [6, 6.07) is 4.39. The number of nitrogens with one attached hydrogen (secondary N) is 1. The minimum Gasteiger partial charge on any atom is -0.398 e. The summed E-state index contributed by atoms with van der Waals surface area (Å²) in [5, 5.41) is 0.428. The van der Waals surface area contributed by atoms with Crippen LogP contribution in [0.3, 0.4) is 0 Å². The van der Waals surface area contributed by atoms with Crippen LogP contribution in [0.4, 0.5) is 5.69 Å². The number of benzene rings is 1. The molecule has 0 heterocycles. The standard InChI is InChI=1S/C11H15ClN2O2S/c1-7-4-8(7)6-14-17(15,16)11-3-2-9(12)5-10(11)13/h2-3,5,7-8,14H,4,6,13H2,1H3. The zero-order valence-corrected chi connectivity index (χ0v) is 11.1. The van der Waals surface area contributed by atoms with Crippen molar-refractivity contribution in [3.63, 3.8) is 0 Å². The van der Waals surface area contributed by atoms with Gasteiger partial charge < -0.3 is 5.73 Å². The van der Waals surface area contributed by atoms with Gasteiger partial charge in [0.25, 0.3) is 0 Å². The molecule has 2 atom stereocenters. The zero-order valence-electron chi connectivity index (χ0n) is 9.48. The highest BCUT2D eigenvalue weighted by atomic mass is 35.5. The smallest absolute Gasteiger partial charge is 0.242 e. The van der Waals surface area contributed by atoms with Crippen LogP contribution in [-0.4, -0.2) is 15.0 Å². The summed E-state index contributed by atoms with van der Waals surface area (Å²) in [6.07, 6.45) is 1.08. The summed E-state index contributed by atoms with van der Waals surface area (Å²) in [6.45, 7) is 2.58. The molecule has 0 radical (unpaired) electrons. The average Bonchev–Trinajstić information content (AvgIpc) is 2.91. The maximum absolute atomic E-state index is 12.0. The second-order valence-corrected chi connectivity index (χ2v) is 6.68. The Kier molecular flexibility index (Phi) is 3.34. The fourth-order valence-corrected chi connectivity index (χ4v) is 3.13. The Morgan fingerprint density at radius 1 is 1.53 bits per heavy atom. The molecule has 1 aliphatic rings. The molecule has 17 heavy (non-hydrogen) atoms. The number of hydrogen-bond acceptors (Lipinski definition) is 3. The number of anilines is 1. The second kappa shape index (κ2) is 4.48. The molecule has 1 saturated carbocycles. The summed E-state index contributed by atoms with van der Waals surface area (Å²) in [7, 11) is -3.52. The lowest BCUT2D eigenvalue weighted by molar-refractivity contribution is 0.575. The van der Waals surface area contributed by atoms with Crippen molar-refractivity contribution >= 4 is 27.3 Å². The van der Waals surface area contributed by atoms with Gasteiger partial charge in [-0.15, -0.1) is 0 Å². The highest BCUT2D eigenvalue weighted by Crippen LogP contribution is 2.37. The molecule has 1 aromatic carbocycles. The van der Waals surface area contributed by atoms with Crippen LogP contribution >= 0.6 is 11.6 Å². The van der Waals surface area contributed by atoms with E-state index in [4.69, 9.17) is 17.3 Å². The van der Waals surface area contributed by atoms with Crippen LogP contribution in [-0.2, 0) is 10.0 Å². The van der Waals surface area contributed by atoms with E-state index < -0.39 is 10.0 Å². The third-order valence-electron chi connectivity index (χ3n) is 3.07. The molecule has 3 N–H and O–H groups in total. The first-order valence-electron chi connectivity index (χ1n) is 5.45. The molecule has 0 bridgehead atoms. The van der Waals surface area contributed by atoms with Crippen molar-refractivity contribution in [2.45, 2.75) is 18.2 Å². The van der Waals surface area contributed by atoms with Crippen LogP contribution in [0.5, 0.6) is 0 Å². The summed E-state index contributed by atoms with van der Waals surface area (Å²) >= 11 is 5.73. The molecule has 1 aliphatic carbocycles. The van der Waals surface area contributed by atoms with Gasteiger partial charge in [0, 0.05) is 11.6 Å². The van der Waals surface area contributed by atoms with Gasteiger partial charge >= 0.3 is 0 Å². The molecule has 2 unspecified atom stereocenters. The van der Waals surface area contributed by atoms with E-state index in [1.807, 2.05) is 0 Å². The van der Waals surface area contributed by atoms with Gasteiger partial charge in [-0.3, -0.25) is 0 Å². The molecule has 0 aliphatic heterocycles. The van der Waals surface area contributed by atoms with Gasteiger partial charge in [0.1, 0.15) is 4.90 Å². The first-order valence-corrected chi connectivity index (χ1v) is 7.31. The first-order chi connectivity index (χ1) is 7.90. The van der Waals surface area contributed by atoms with E-state index in [9.17, 15) is 8.42 Å². The average molecular weight is 275 g/mol. The summed E-state index contributed by atoms with van der Waals surface area (Å²) in [5.41, 5.74) is 5.83. The molecule has 1 fully saturated rings. The number of nitrogens with two attached hydrogens (primary N) is 1. The van der Waals surface area contributed by atoms with Crippen LogP contribution in [0.1, 0.15) is 13.3 Å². The van der Waals surface area contributed by atoms with Gasteiger partial charge in [-0.05, 0) is 36.5 Å². The third-order valence-corrected chi connectivity index (χ3v) is 4.81. The van der Waals surface area contributed by atoms with E-state index in [1.54, 1.807) is 0 Å². The molecular formula is C11H15ClN2O2S. The molecule has 0 amide bonds. The Bertz CT molecular complexity index is 530. The van der Waals surface area contributed by atoms with Gasteiger partial charge in [-0.1, -0.05) is 18.5 Å². The van der Waals surface area contributed by atoms with Crippen LogP contribution in [0, 0.1) is 11.8 Å². The van der Waals surface area contributed by atoms with Gasteiger partial charge in [0.2, 0.25) is 10.0 Å². The fraction of sp³-hybridized carbons (Fsp3) is 0.455. The SMILES string of the molecule is CC1CC1CNS(=O)(=O)c1ccc(Cl)cc1N. The molecule has 2 rings (SSSR count). The van der Waals surface area contributed by atoms with E-state index in [2.05, 4.69) is 11.6 Å². The predicted octanol–water partition coefficient (Wildman–Crippen LogP) is 1.86. The topological polar surface area (TPSA) is 72.2 Å². The molecular weight excluding hydrogens is 260 g/mol. The maximum Gasteiger partial charge on any atom is 0.242 e. The molecule has 0 spiro atoms. The molecule has 1 aromatic rings. The number of rotatable bonds is 4. The molecule has 0 saturated heterocycles. The largest absolute Gasteiger partial charge is 0.398 e. The van der Waals surface area contributed by atoms with E-state index in [-0.39, 0.29) is 10.6 Å². The van der Waals surface area contributed by atoms with Gasteiger partial charge in [-0.2, -0.15) is 0 Å². The number of nitrogen functional groups attached to an aromatic ring is 1. The van der Waals surface area contributed by atoms with E-state index in [0.29, 0.717) is 23.4 Å². The van der Waals surface area contributed by atoms with Gasteiger partial charge in [-0.25, -0.2) is 13.1 Å². The fourth-order valence-electron chi connectivity index (χ4n) is 1.74. The molecule has 0 aromatic heterocycles. The third kappa shape index (κ3) is 2.91. The number of sulfonamides is 1. The van der Waals surface area contributed by atoms with Crippen molar-refractivity contribution < 1.29 is 8.42 Å². The Morgan fingerprint density at radius 3 is 2.71 bits per heavy atom. The Hall–Kier alpha value is -0.780. The highest BCUT2D eigenvalue weighted by Gasteiger charge is 2.33. The monoisotopic (exact) mass is 274 g/mol. The van der Waals surface area contributed by atoms with E-state index >= 15 is 0 Å². The molecule has 94 valence electrons. The summed E-state index contributed by atoms with van der Waals surface area (Å²) in [5.74, 6) is 1.07. The highest BCUT2D eigenvalue weighted by molar-refractivity contribution is 7.89. The van der Waals surface area contributed by atoms with Gasteiger partial charge in [0.15, 0.2) is 0 Å². The lowest BCUT2D eigenvalue weighted by Crippen LogP contribution is -2.26. The maximum atomic E-state index is 12.0. The zero-order chi connectivity index (χ0) is 12.6. The van der Waals surface area contributed by atoms with Crippen molar-refractivity contribution in [1.82, 2.24) is 4.72 Å². The molecule has 4 nitrogen and oxygen atoms in total. The first kappa shape index (κ1) is 12.7. The quantitative estimate of drug-likeness (QED) is 0.823. The van der Waals surface area contributed by atoms with Crippen LogP contribution in [0.25, 0.3) is 0 Å². The summed E-state index contributed by atoms with van der Waals surface area (Å²) in [4.78, 5) is 0.0928. The summed E-state index contributed by atoms with van der Waals surface area (Å²) < 4.78 is 26.5. The Balaban J connectivity index is 2.13. The normalized spacial score (nSPS) is 23.6. The van der Waals surface area contributed by atoms with Gasteiger partial charge in [0.05, 0.1) is 5.69 Å². The Morgan fingerprint density at radius 2 is 2.18 bits per heavy atom. The number of halogens is 1. The molecule has 6 heteroatoms. The van der Waals surface area contributed by atoms with Crippen molar-refractivity contribution in [1.29, 1.82) is 0 Å². The minimum atomic E-state index is -3.52. The Labute approximate surface area is 106 Å². The van der Waals surface area contributed by atoms with Crippen molar-refractivity contribution in [2.75, 3.05) is 12.3 Å². The second-order valence-electron chi connectivity index (χ2n) is 4.51. The van der Waals surface area contributed by atoms with Crippen molar-refractivity contribution in [3.8, 4) is 0 Å². The van der Waals surface area contributed by atoms with Crippen molar-refractivity contribution in [3.05, 3.63) is 23.2 Å². The van der Waals surface area contributed by atoms with Crippen molar-refractivity contribution in [2.24, 2.45) is 11.8 Å². The lowest BCUT2D eigenvalue weighted by atomic mass is 10.3. The minimum absolute atomic E-state index is 0.0928. The van der Waals surface area contributed by atoms with Crippen LogP contribution < -0.4 is 10.5 Å². The van der Waals surface area contributed by atoms with E-state index in [0.717, 1.165) is 6.42 Å². The number of hydrogen-bond donors (Lipinski definition) is 2.